The summed E-state index contributed by atoms with van der Waals surface area (Å²) in [6.07, 6.45) is 1.19. The summed E-state index contributed by atoms with van der Waals surface area (Å²) < 4.78 is 0. The molecule has 0 saturated carbocycles. The number of nitrogens with two attached hydrogens (primary N) is 1. The summed E-state index contributed by atoms with van der Waals surface area (Å²) in [5, 5.41) is 9.84. The van der Waals surface area contributed by atoms with Crippen LogP contribution in [0.5, 0.6) is 0 Å². The van der Waals surface area contributed by atoms with Crippen molar-refractivity contribution in [2.24, 2.45) is 11.7 Å². The lowest BCUT2D eigenvalue weighted by molar-refractivity contribution is 0.121. The van der Waals surface area contributed by atoms with Crippen LogP contribution in [-0.4, -0.2) is 17.3 Å². The molecule has 3 heteroatoms. The van der Waals surface area contributed by atoms with Gasteiger partial charge in [-0.05, 0) is 37.8 Å². The Labute approximate surface area is 96.1 Å². The van der Waals surface area contributed by atoms with Gasteiger partial charge in [0.25, 0.3) is 0 Å². The Morgan fingerprint density at radius 3 is 2.53 bits per heavy atom. The molecule has 2 nitrogen and oxygen atoms in total. The van der Waals surface area contributed by atoms with Crippen LogP contribution in [0.3, 0.4) is 0 Å². The molecule has 0 aliphatic heterocycles. The lowest BCUT2D eigenvalue weighted by Crippen LogP contribution is -2.37. The van der Waals surface area contributed by atoms with Crippen LogP contribution < -0.4 is 5.73 Å². The molecule has 0 spiro atoms. The molecule has 1 heterocycles. The first kappa shape index (κ1) is 12.7. The van der Waals surface area contributed by atoms with Crippen molar-refractivity contribution in [3.05, 3.63) is 21.9 Å². The van der Waals surface area contributed by atoms with Gasteiger partial charge in [-0.1, -0.05) is 13.8 Å². The van der Waals surface area contributed by atoms with Gasteiger partial charge in [0.2, 0.25) is 0 Å². The van der Waals surface area contributed by atoms with Crippen molar-refractivity contribution in [3.8, 4) is 0 Å². The monoisotopic (exact) mass is 227 g/mol. The molecule has 0 bridgehead atoms. The molecule has 0 radical (unpaired) electrons. The minimum atomic E-state index is -0.382. The lowest BCUT2D eigenvalue weighted by atomic mass is 9.98. The Morgan fingerprint density at radius 2 is 2.07 bits per heavy atom. The molecule has 0 fully saturated rings. The van der Waals surface area contributed by atoms with Crippen LogP contribution in [0.2, 0.25) is 0 Å². The van der Waals surface area contributed by atoms with E-state index >= 15 is 0 Å². The highest BCUT2D eigenvalue weighted by Crippen LogP contribution is 2.18. The van der Waals surface area contributed by atoms with Crippen LogP contribution in [0.1, 0.15) is 30.0 Å². The second-order valence-electron chi connectivity index (χ2n) is 4.58. The highest BCUT2D eigenvalue weighted by atomic mass is 32.1. The van der Waals surface area contributed by atoms with Gasteiger partial charge in [-0.2, -0.15) is 0 Å². The van der Waals surface area contributed by atoms with Gasteiger partial charge in [0.15, 0.2) is 0 Å². The quantitative estimate of drug-likeness (QED) is 0.811. The number of rotatable bonds is 5. The van der Waals surface area contributed by atoms with E-state index in [-0.39, 0.29) is 12.1 Å². The second kappa shape index (κ2) is 5.64. The number of aliphatic hydroxyl groups is 1. The molecule has 1 rings (SSSR count). The molecule has 1 aromatic rings. The molecule has 0 saturated heterocycles. The number of hydrogen-bond donors (Lipinski definition) is 2. The third-order valence-electron chi connectivity index (χ3n) is 2.44. The third-order valence-corrected chi connectivity index (χ3v) is 3.46. The summed E-state index contributed by atoms with van der Waals surface area (Å²) in [6, 6.07) is 4.06. The second-order valence-corrected chi connectivity index (χ2v) is 5.95. The van der Waals surface area contributed by atoms with E-state index in [9.17, 15) is 5.11 Å². The number of aryl methyl sites for hydroxylation is 1. The highest BCUT2D eigenvalue weighted by Gasteiger charge is 2.17. The van der Waals surface area contributed by atoms with Crippen LogP contribution >= 0.6 is 11.3 Å². The van der Waals surface area contributed by atoms with E-state index in [1.807, 2.05) is 0 Å². The van der Waals surface area contributed by atoms with Crippen LogP contribution in [-0.2, 0) is 6.42 Å². The summed E-state index contributed by atoms with van der Waals surface area (Å²) in [4.78, 5) is 2.57. The van der Waals surface area contributed by atoms with Crippen molar-refractivity contribution in [2.75, 3.05) is 0 Å². The van der Waals surface area contributed by atoms with Crippen molar-refractivity contribution in [3.63, 3.8) is 0 Å². The Morgan fingerprint density at radius 1 is 1.40 bits per heavy atom. The number of aliphatic hydroxyl groups excluding tert-OH is 1. The maximum Gasteiger partial charge on any atom is 0.0697 e. The van der Waals surface area contributed by atoms with E-state index in [0.29, 0.717) is 5.92 Å². The van der Waals surface area contributed by atoms with Gasteiger partial charge in [-0.3, -0.25) is 0 Å². The smallest absolute Gasteiger partial charge is 0.0697 e. The van der Waals surface area contributed by atoms with Gasteiger partial charge in [0, 0.05) is 15.8 Å². The van der Waals surface area contributed by atoms with Crippen molar-refractivity contribution in [1.82, 2.24) is 0 Å². The van der Waals surface area contributed by atoms with Gasteiger partial charge in [-0.15, -0.1) is 11.3 Å². The summed E-state index contributed by atoms with van der Waals surface area (Å²) in [5.74, 6) is 0.496. The molecule has 0 aliphatic rings. The molecular formula is C12H21NOS. The maximum atomic E-state index is 9.84. The number of thiophene rings is 1. The van der Waals surface area contributed by atoms with Crippen LogP contribution in [0.25, 0.3) is 0 Å². The summed E-state index contributed by atoms with van der Waals surface area (Å²) in [5.41, 5.74) is 5.96. The average molecular weight is 227 g/mol. The van der Waals surface area contributed by atoms with Crippen molar-refractivity contribution < 1.29 is 5.11 Å². The Bertz CT molecular complexity index is 296. The normalized spacial score (nSPS) is 15.6. The fraction of sp³-hybridized carbons (Fsp3) is 0.667. The van der Waals surface area contributed by atoms with Gasteiger partial charge in [0.05, 0.1) is 6.10 Å². The molecule has 15 heavy (non-hydrogen) atoms. The van der Waals surface area contributed by atoms with Crippen LogP contribution in [0.4, 0.5) is 0 Å². The zero-order valence-corrected chi connectivity index (χ0v) is 10.6. The summed E-state index contributed by atoms with van der Waals surface area (Å²) in [7, 11) is 0. The van der Waals surface area contributed by atoms with E-state index in [2.05, 4.69) is 32.9 Å². The topological polar surface area (TPSA) is 46.2 Å². The van der Waals surface area contributed by atoms with Crippen LogP contribution in [0, 0.1) is 12.8 Å². The number of hydrogen-bond acceptors (Lipinski definition) is 3. The molecule has 2 unspecified atom stereocenters. The van der Waals surface area contributed by atoms with Crippen molar-refractivity contribution in [2.45, 2.75) is 45.8 Å². The molecule has 0 aliphatic carbocycles. The molecule has 2 atom stereocenters. The van der Waals surface area contributed by atoms with Gasteiger partial charge in [-0.25, -0.2) is 0 Å². The summed E-state index contributed by atoms with van der Waals surface area (Å²) >= 11 is 1.76. The fourth-order valence-corrected chi connectivity index (χ4v) is 2.58. The molecular weight excluding hydrogens is 206 g/mol. The maximum absolute atomic E-state index is 9.84. The molecule has 0 aromatic carbocycles. The lowest BCUT2D eigenvalue weighted by Gasteiger charge is -2.19. The zero-order valence-electron chi connectivity index (χ0n) is 9.73. The van der Waals surface area contributed by atoms with E-state index in [0.717, 1.165) is 12.8 Å². The third kappa shape index (κ3) is 4.33. The Balaban J connectivity index is 2.44. The molecule has 3 N–H and O–H groups in total. The largest absolute Gasteiger partial charge is 0.391 e. The van der Waals surface area contributed by atoms with Crippen molar-refractivity contribution in [1.29, 1.82) is 0 Å². The minimum absolute atomic E-state index is 0.134. The van der Waals surface area contributed by atoms with Crippen molar-refractivity contribution >= 4 is 11.3 Å². The first-order chi connectivity index (χ1) is 6.99. The van der Waals surface area contributed by atoms with E-state index in [1.165, 1.54) is 9.75 Å². The molecule has 1 aromatic heterocycles. The fourth-order valence-electron chi connectivity index (χ4n) is 1.62. The van der Waals surface area contributed by atoms with E-state index in [1.54, 1.807) is 11.3 Å². The standard InChI is InChI=1S/C12H21NOS/c1-8(2)6-12(14)11(13)7-10-5-4-9(3)15-10/h4-5,8,11-12,14H,6-7,13H2,1-3H3. The average Bonchev–Trinajstić information content (AvgIpc) is 2.50. The van der Waals surface area contributed by atoms with E-state index in [4.69, 9.17) is 5.73 Å². The van der Waals surface area contributed by atoms with E-state index < -0.39 is 0 Å². The predicted octanol–water partition coefficient (Wildman–Crippen LogP) is 2.33. The summed E-state index contributed by atoms with van der Waals surface area (Å²) in [6.45, 7) is 6.29. The minimum Gasteiger partial charge on any atom is -0.391 e. The molecule has 86 valence electrons. The SMILES string of the molecule is Cc1ccc(CC(N)C(O)CC(C)C)s1. The Kier molecular flexibility index (Phi) is 4.77. The first-order valence-corrected chi connectivity index (χ1v) is 6.29. The predicted molar refractivity (Wildman–Crippen MR) is 66.2 cm³/mol. The first-order valence-electron chi connectivity index (χ1n) is 5.48. The van der Waals surface area contributed by atoms with Gasteiger partial charge in [0.1, 0.15) is 0 Å². The van der Waals surface area contributed by atoms with Crippen LogP contribution in [0.15, 0.2) is 12.1 Å². The molecule has 0 amide bonds. The zero-order chi connectivity index (χ0) is 11.4. The Hall–Kier alpha value is -0.380. The van der Waals surface area contributed by atoms with Gasteiger partial charge >= 0.3 is 0 Å². The van der Waals surface area contributed by atoms with Gasteiger partial charge < -0.3 is 10.8 Å². The highest BCUT2D eigenvalue weighted by molar-refractivity contribution is 7.11.